The van der Waals surface area contributed by atoms with Crippen LogP contribution in [0.5, 0.6) is 0 Å². The van der Waals surface area contributed by atoms with Crippen LogP contribution in [0.4, 0.5) is 0 Å². The highest BCUT2D eigenvalue weighted by molar-refractivity contribution is 7.90. The van der Waals surface area contributed by atoms with Gasteiger partial charge in [0.2, 0.25) is 0 Å². The quantitative estimate of drug-likeness (QED) is 0.220. The van der Waals surface area contributed by atoms with Crippen LogP contribution in [0.25, 0.3) is 17.0 Å². The molecule has 192 valence electrons. The Morgan fingerprint density at radius 3 is 2.49 bits per heavy atom. The highest BCUT2D eigenvalue weighted by atomic mass is 35.5. The molecule has 0 aliphatic heterocycles. The number of aromatic amines is 1. The van der Waals surface area contributed by atoms with Crippen molar-refractivity contribution < 1.29 is 13.2 Å². The molecule has 37 heavy (non-hydrogen) atoms. The number of carbonyl (C=O) groups excluding carboxylic acids is 1. The molecular formula is C30H31ClN2O3S. The van der Waals surface area contributed by atoms with Crippen molar-refractivity contribution >= 4 is 44.5 Å². The van der Waals surface area contributed by atoms with Gasteiger partial charge in [-0.05, 0) is 73.4 Å². The van der Waals surface area contributed by atoms with Gasteiger partial charge in [0.1, 0.15) is 0 Å². The van der Waals surface area contributed by atoms with Crippen LogP contribution in [-0.4, -0.2) is 19.3 Å². The Labute approximate surface area is 223 Å². The molecule has 1 heterocycles. The summed E-state index contributed by atoms with van der Waals surface area (Å²) >= 11 is 6.64. The molecule has 5 nitrogen and oxygen atoms in total. The van der Waals surface area contributed by atoms with Gasteiger partial charge in [-0.15, -0.1) is 0 Å². The van der Waals surface area contributed by atoms with Crippen LogP contribution in [-0.2, 0) is 16.4 Å². The largest absolute Gasteiger partial charge is 0.358 e. The molecule has 1 aromatic heterocycles. The van der Waals surface area contributed by atoms with E-state index in [1.54, 1.807) is 30.3 Å². The molecule has 0 saturated heterocycles. The Bertz CT molecular complexity index is 1570. The number of fused-ring (bicyclic) bond motifs is 1. The predicted molar refractivity (Wildman–Crippen MR) is 152 cm³/mol. The van der Waals surface area contributed by atoms with E-state index in [1.807, 2.05) is 26.0 Å². The number of nitrogens with one attached hydrogen (secondary N) is 2. The summed E-state index contributed by atoms with van der Waals surface area (Å²) in [4.78, 5) is 16.3. The summed E-state index contributed by atoms with van der Waals surface area (Å²) < 4.78 is 27.6. The molecule has 3 aromatic carbocycles. The Morgan fingerprint density at radius 2 is 1.78 bits per heavy atom. The number of hydrogen-bond acceptors (Lipinski definition) is 3. The molecule has 0 unspecified atom stereocenters. The van der Waals surface area contributed by atoms with Gasteiger partial charge in [-0.3, -0.25) is 4.79 Å². The summed E-state index contributed by atoms with van der Waals surface area (Å²) in [6.45, 7) is 6.03. The van der Waals surface area contributed by atoms with E-state index < -0.39 is 15.9 Å². The molecule has 0 radical (unpaired) electrons. The van der Waals surface area contributed by atoms with E-state index in [0.717, 1.165) is 45.3 Å². The van der Waals surface area contributed by atoms with Gasteiger partial charge >= 0.3 is 0 Å². The van der Waals surface area contributed by atoms with Gasteiger partial charge in [0.05, 0.1) is 4.90 Å². The third-order valence-corrected chi connectivity index (χ3v) is 8.12. The fourth-order valence-electron chi connectivity index (χ4n) is 4.25. The van der Waals surface area contributed by atoms with E-state index in [9.17, 15) is 13.2 Å². The summed E-state index contributed by atoms with van der Waals surface area (Å²) in [5.41, 5.74) is 6.10. The number of allylic oxidation sites excluding steroid dienone is 1. The third kappa shape index (κ3) is 6.32. The maximum absolute atomic E-state index is 12.9. The van der Waals surface area contributed by atoms with Crippen molar-refractivity contribution in [3.8, 4) is 0 Å². The first kappa shape index (κ1) is 26.7. The zero-order chi connectivity index (χ0) is 26.6. The van der Waals surface area contributed by atoms with Crippen molar-refractivity contribution in [2.24, 2.45) is 0 Å². The monoisotopic (exact) mass is 534 g/mol. The summed E-state index contributed by atoms with van der Waals surface area (Å²) in [5, 5.41) is 1.54. The highest BCUT2D eigenvalue weighted by Crippen LogP contribution is 2.29. The van der Waals surface area contributed by atoms with Gasteiger partial charge in [0.15, 0.2) is 0 Å². The second-order valence-corrected chi connectivity index (χ2v) is 11.4. The van der Waals surface area contributed by atoms with E-state index in [1.165, 1.54) is 25.0 Å². The smallest absolute Gasteiger partial charge is 0.265 e. The minimum absolute atomic E-state index is 0.0454. The number of aromatic nitrogens is 1. The van der Waals surface area contributed by atoms with Crippen LogP contribution in [0, 0.1) is 13.8 Å². The van der Waals surface area contributed by atoms with E-state index in [-0.39, 0.29) is 10.5 Å². The van der Waals surface area contributed by atoms with Crippen LogP contribution in [0.3, 0.4) is 0 Å². The normalized spacial score (nSPS) is 11.9. The summed E-state index contributed by atoms with van der Waals surface area (Å²) in [5.74, 6) is -0.676. The van der Waals surface area contributed by atoms with Crippen molar-refractivity contribution in [1.82, 2.24) is 9.71 Å². The average Bonchev–Trinajstić information content (AvgIpc) is 3.17. The summed E-state index contributed by atoms with van der Waals surface area (Å²) in [6, 6.07) is 17.6. The molecule has 0 aliphatic rings. The minimum Gasteiger partial charge on any atom is -0.358 e. The molecule has 0 atom stereocenters. The summed E-state index contributed by atoms with van der Waals surface area (Å²) in [6.07, 6.45) is 8.23. The third-order valence-electron chi connectivity index (χ3n) is 6.42. The fraction of sp³-hybridized carbons (Fsp3) is 0.233. The Hall–Kier alpha value is -3.35. The van der Waals surface area contributed by atoms with Crippen molar-refractivity contribution in [2.45, 2.75) is 51.3 Å². The molecule has 0 saturated carbocycles. The molecule has 4 rings (SSSR count). The maximum atomic E-state index is 12.9. The number of hydrogen-bond donors (Lipinski definition) is 2. The van der Waals surface area contributed by atoms with Crippen LogP contribution in [0.1, 0.15) is 64.5 Å². The van der Waals surface area contributed by atoms with Crippen LogP contribution < -0.4 is 4.72 Å². The lowest BCUT2D eigenvalue weighted by Crippen LogP contribution is -2.30. The molecule has 0 spiro atoms. The lowest BCUT2D eigenvalue weighted by atomic mass is 9.99. The van der Waals surface area contributed by atoms with Gasteiger partial charge < -0.3 is 4.98 Å². The van der Waals surface area contributed by atoms with Gasteiger partial charge in [-0.1, -0.05) is 73.3 Å². The van der Waals surface area contributed by atoms with Crippen LogP contribution >= 0.6 is 11.6 Å². The predicted octanol–water partition coefficient (Wildman–Crippen LogP) is 7.35. The standard InChI is InChI=1S/C30H31ClN2O3S/c1-4-5-6-7-8-22-11-12-23(28(31)17-22)18-26-21(3)32-29-16-13-24(19-27(26)29)30(34)33-37(35,36)25-14-9-20(2)10-15-25/h7-17,19,32H,4-6,18H2,1-3H3,(H,33,34). The van der Waals surface area contributed by atoms with Gasteiger partial charge in [0.25, 0.3) is 15.9 Å². The van der Waals surface area contributed by atoms with Gasteiger partial charge in [-0.25, -0.2) is 13.1 Å². The topological polar surface area (TPSA) is 79.0 Å². The number of rotatable bonds is 9. The highest BCUT2D eigenvalue weighted by Gasteiger charge is 2.20. The van der Waals surface area contributed by atoms with Gasteiger partial charge in [0, 0.05) is 33.6 Å². The number of H-pyrrole nitrogens is 1. The number of amides is 1. The summed E-state index contributed by atoms with van der Waals surface area (Å²) in [7, 11) is -3.98. The van der Waals surface area contributed by atoms with E-state index in [0.29, 0.717) is 11.4 Å². The second kappa shape index (κ2) is 11.4. The van der Waals surface area contributed by atoms with Crippen molar-refractivity contribution in [1.29, 1.82) is 0 Å². The van der Waals surface area contributed by atoms with Gasteiger partial charge in [-0.2, -0.15) is 0 Å². The minimum atomic E-state index is -3.98. The SMILES string of the molecule is CCCCC=Cc1ccc(Cc2c(C)[nH]c3ccc(C(=O)NS(=O)(=O)c4ccc(C)cc4)cc23)c(Cl)c1. The lowest BCUT2D eigenvalue weighted by Gasteiger charge is -2.09. The zero-order valence-corrected chi connectivity index (χ0v) is 22.8. The maximum Gasteiger partial charge on any atom is 0.265 e. The number of sulfonamides is 1. The van der Waals surface area contributed by atoms with Crippen molar-refractivity contribution in [3.05, 3.63) is 105 Å². The van der Waals surface area contributed by atoms with E-state index >= 15 is 0 Å². The number of unbranched alkanes of at least 4 members (excludes halogenated alkanes) is 2. The first-order valence-electron chi connectivity index (χ1n) is 12.4. The van der Waals surface area contributed by atoms with Crippen molar-refractivity contribution in [2.75, 3.05) is 0 Å². The average molecular weight is 535 g/mol. The molecule has 0 fully saturated rings. The molecule has 7 heteroatoms. The Kier molecular flexibility index (Phi) is 8.20. The molecule has 2 N–H and O–H groups in total. The molecule has 4 aromatic rings. The Morgan fingerprint density at radius 1 is 1.03 bits per heavy atom. The molecule has 1 amide bonds. The second-order valence-electron chi connectivity index (χ2n) is 9.31. The van der Waals surface area contributed by atoms with Crippen LogP contribution in [0.2, 0.25) is 5.02 Å². The molecular weight excluding hydrogens is 504 g/mol. The number of benzene rings is 3. The number of halogens is 1. The first-order chi connectivity index (χ1) is 17.7. The number of aryl methyl sites for hydroxylation is 2. The zero-order valence-electron chi connectivity index (χ0n) is 21.3. The number of carbonyl (C=O) groups is 1. The first-order valence-corrected chi connectivity index (χ1v) is 14.2. The molecule has 0 bridgehead atoms. The molecule has 0 aliphatic carbocycles. The lowest BCUT2D eigenvalue weighted by molar-refractivity contribution is 0.0981. The van der Waals surface area contributed by atoms with Crippen molar-refractivity contribution in [3.63, 3.8) is 0 Å². The Balaban J connectivity index is 1.58. The fourth-order valence-corrected chi connectivity index (χ4v) is 5.48. The van der Waals surface area contributed by atoms with E-state index in [2.05, 4.69) is 34.8 Å². The van der Waals surface area contributed by atoms with Crippen LogP contribution in [0.15, 0.2) is 71.6 Å². The van der Waals surface area contributed by atoms with E-state index in [4.69, 9.17) is 11.6 Å².